The molecule has 1 N–H and O–H groups in total. The highest BCUT2D eigenvalue weighted by atomic mass is 35.5. The van der Waals surface area contributed by atoms with E-state index in [-0.39, 0.29) is 12.3 Å². The van der Waals surface area contributed by atoms with Gasteiger partial charge in [0.2, 0.25) is 5.91 Å². The van der Waals surface area contributed by atoms with Gasteiger partial charge >= 0.3 is 0 Å². The molecular weight excluding hydrogens is 297 g/mol. The minimum Gasteiger partial charge on any atom is -0.388 e. The van der Waals surface area contributed by atoms with E-state index in [0.717, 1.165) is 25.9 Å². The van der Waals surface area contributed by atoms with E-state index in [1.165, 1.54) is 0 Å². The number of nitrogens with zero attached hydrogens (tertiary/aromatic N) is 1. The molecule has 0 radical (unpaired) electrons. The Kier molecular flexibility index (Phi) is 5.30. The molecule has 1 aromatic rings. The van der Waals surface area contributed by atoms with Crippen LogP contribution in [0.5, 0.6) is 0 Å². The maximum atomic E-state index is 12.2. The molecule has 2 unspecified atom stereocenters. The van der Waals surface area contributed by atoms with Crippen LogP contribution in [0.1, 0.15) is 37.9 Å². The third-order valence-corrected chi connectivity index (χ3v) is 4.08. The van der Waals surface area contributed by atoms with Crippen molar-refractivity contribution in [1.29, 1.82) is 0 Å². The lowest BCUT2D eigenvalue weighted by Gasteiger charge is -2.31. The zero-order valence-electron chi connectivity index (χ0n) is 11.5. The van der Waals surface area contributed by atoms with Crippen molar-refractivity contribution in [2.24, 2.45) is 5.92 Å². The second-order valence-corrected chi connectivity index (χ2v) is 6.38. The normalized spacial score (nSPS) is 20.8. The molecular formula is C15H19Cl2NO2. The summed E-state index contributed by atoms with van der Waals surface area (Å²) in [4.78, 5) is 14.0. The highest BCUT2D eigenvalue weighted by Gasteiger charge is 2.23. The van der Waals surface area contributed by atoms with Gasteiger partial charge in [-0.15, -0.1) is 0 Å². The molecule has 1 aliphatic rings. The number of piperidine rings is 1. The summed E-state index contributed by atoms with van der Waals surface area (Å²) in [5, 5.41) is 11.1. The van der Waals surface area contributed by atoms with Gasteiger partial charge in [0, 0.05) is 23.1 Å². The van der Waals surface area contributed by atoms with Gasteiger partial charge < -0.3 is 10.0 Å². The average molecular weight is 316 g/mol. The van der Waals surface area contributed by atoms with Gasteiger partial charge in [-0.05, 0) is 42.5 Å². The first-order valence-electron chi connectivity index (χ1n) is 6.87. The van der Waals surface area contributed by atoms with Crippen molar-refractivity contribution in [3.63, 3.8) is 0 Å². The molecule has 2 atom stereocenters. The number of halogens is 2. The molecule has 0 spiro atoms. The first-order chi connectivity index (χ1) is 9.45. The minimum absolute atomic E-state index is 0.0138. The lowest BCUT2D eigenvalue weighted by Crippen LogP contribution is -2.39. The maximum absolute atomic E-state index is 12.2. The first-order valence-corrected chi connectivity index (χ1v) is 7.63. The monoisotopic (exact) mass is 315 g/mol. The molecule has 1 heterocycles. The number of likely N-dealkylation sites (tertiary alicyclic amines) is 1. The molecule has 1 saturated heterocycles. The standard InChI is InChI=1S/C15H19Cl2NO2/c1-10-3-2-4-18(9-10)15(20)8-14(19)11-5-12(16)7-13(17)6-11/h5-7,10,14,19H,2-4,8-9H2,1H3. The minimum atomic E-state index is -0.865. The van der Waals surface area contributed by atoms with E-state index in [2.05, 4.69) is 6.92 Å². The van der Waals surface area contributed by atoms with Crippen LogP contribution in [-0.2, 0) is 4.79 Å². The molecule has 1 amide bonds. The van der Waals surface area contributed by atoms with E-state index in [9.17, 15) is 9.90 Å². The van der Waals surface area contributed by atoms with Gasteiger partial charge in [0.25, 0.3) is 0 Å². The van der Waals surface area contributed by atoms with Gasteiger partial charge in [0.1, 0.15) is 0 Å². The summed E-state index contributed by atoms with van der Waals surface area (Å²) < 4.78 is 0. The molecule has 110 valence electrons. The number of hydrogen-bond donors (Lipinski definition) is 1. The molecule has 0 saturated carbocycles. The molecule has 1 fully saturated rings. The predicted molar refractivity (Wildman–Crippen MR) is 81.0 cm³/mol. The average Bonchev–Trinajstić information content (AvgIpc) is 2.37. The van der Waals surface area contributed by atoms with Gasteiger partial charge in [-0.2, -0.15) is 0 Å². The van der Waals surface area contributed by atoms with Crippen molar-refractivity contribution in [2.75, 3.05) is 13.1 Å². The number of amides is 1. The van der Waals surface area contributed by atoms with Crippen molar-refractivity contribution < 1.29 is 9.90 Å². The SMILES string of the molecule is CC1CCCN(C(=O)CC(O)c2cc(Cl)cc(Cl)c2)C1. The summed E-state index contributed by atoms with van der Waals surface area (Å²) in [7, 11) is 0. The van der Waals surface area contributed by atoms with Gasteiger partial charge in [0.15, 0.2) is 0 Å². The van der Waals surface area contributed by atoms with Crippen LogP contribution in [0.25, 0.3) is 0 Å². The first kappa shape index (κ1) is 15.6. The highest BCUT2D eigenvalue weighted by Crippen LogP contribution is 2.26. The number of hydrogen-bond acceptors (Lipinski definition) is 2. The second-order valence-electron chi connectivity index (χ2n) is 5.51. The predicted octanol–water partition coefficient (Wildman–Crippen LogP) is 3.68. The molecule has 1 aromatic carbocycles. The van der Waals surface area contributed by atoms with Crippen LogP contribution < -0.4 is 0 Å². The second kappa shape index (κ2) is 6.79. The van der Waals surface area contributed by atoms with Crippen LogP contribution in [0.4, 0.5) is 0 Å². The Bertz CT molecular complexity index is 473. The smallest absolute Gasteiger partial charge is 0.225 e. The topological polar surface area (TPSA) is 40.5 Å². The number of aliphatic hydroxyl groups excluding tert-OH is 1. The van der Waals surface area contributed by atoms with Gasteiger partial charge in [0.05, 0.1) is 12.5 Å². The summed E-state index contributed by atoms with van der Waals surface area (Å²) in [5.74, 6) is 0.519. The maximum Gasteiger partial charge on any atom is 0.225 e. The molecule has 0 aliphatic carbocycles. The van der Waals surface area contributed by atoms with Gasteiger partial charge in [-0.1, -0.05) is 30.1 Å². The van der Waals surface area contributed by atoms with Crippen molar-refractivity contribution in [3.05, 3.63) is 33.8 Å². The van der Waals surface area contributed by atoms with Crippen LogP contribution in [0.2, 0.25) is 10.0 Å². The lowest BCUT2D eigenvalue weighted by molar-refractivity contribution is -0.135. The van der Waals surface area contributed by atoms with Crippen molar-refractivity contribution in [3.8, 4) is 0 Å². The zero-order chi connectivity index (χ0) is 14.7. The fourth-order valence-electron chi connectivity index (χ4n) is 2.60. The van der Waals surface area contributed by atoms with Crippen LogP contribution in [-0.4, -0.2) is 29.0 Å². The summed E-state index contributed by atoms with van der Waals surface area (Å²) in [6, 6.07) is 4.89. The summed E-state index contributed by atoms with van der Waals surface area (Å²) >= 11 is 11.8. The van der Waals surface area contributed by atoms with Crippen molar-refractivity contribution in [1.82, 2.24) is 4.90 Å². The fourth-order valence-corrected chi connectivity index (χ4v) is 3.14. The lowest BCUT2D eigenvalue weighted by atomic mass is 9.99. The molecule has 2 rings (SSSR count). The molecule has 1 aliphatic heterocycles. The molecule has 0 bridgehead atoms. The Morgan fingerprint density at radius 2 is 2.05 bits per heavy atom. The Morgan fingerprint density at radius 1 is 1.40 bits per heavy atom. The van der Waals surface area contributed by atoms with E-state index in [1.54, 1.807) is 18.2 Å². The molecule has 20 heavy (non-hydrogen) atoms. The molecule has 0 aromatic heterocycles. The Hall–Kier alpha value is -0.770. The summed E-state index contributed by atoms with van der Waals surface area (Å²) in [6.45, 7) is 3.71. The molecule has 5 heteroatoms. The Labute approximate surface area is 129 Å². The zero-order valence-corrected chi connectivity index (χ0v) is 13.0. The van der Waals surface area contributed by atoms with E-state index >= 15 is 0 Å². The van der Waals surface area contributed by atoms with Gasteiger partial charge in [-0.3, -0.25) is 4.79 Å². The quantitative estimate of drug-likeness (QED) is 0.924. The van der Waals surface area contributed by atoms with Crippen molar-refractivity contribution in [2.45, 2.75) is 32.3 Å². The molecule has 3 nitrogen and oxygen atoms in total. The van der Waals surface area contributed by atoms with Crippen LogP contribution in [0.3, 0.4) is 0 Å². The van der Waals surface area contributed by atoms with E-state index in [0.29, 0.717) is 21.5 Å². The number of carbonyl (C=O) groups excluding carboxylic acids is 1. The number of benzene rings is 1. The number of rotatable bonds is 3. The number of carbonyl (C=O) groups is 1. The Morgan fingerprint density at radius 3 is 2.65 bits per heavy atom. The number of aliphatic hydroxyl groups is 1. The fraction of sp³-hybridized carbons (Fsp3) is 0.533. The van der Waals surface area contributed by atoms with Crippen molar-refractivity contribution >= 4 is 29.1 Å². The van der Waals surface area contributed by atoms with Crippen LogP contribution in [0.15, 0.2) is 18.2 Å². The third-order valence-electron chi connectivity index (χ3n) is 3.65. The summed E-state index contributed by atoms with van der Waals surface area (Å²) in [5.41, 5.74) is 0.584. The Balaban J connectivity index is 1.99. The third kappa shape index (κ3) is 4.11. The van der Waals surface area contributed by atoms with E-state index in [4.69, 9.17) is 23.2 Å². The summed E-state index contributed by atoms with van der Waals surface area (Å²) in [6.07, 6.45) is 1.40. The van der Waals surface area contributed by atoms with E-state index in [1.807, 2.05) is 4.90 Å². The van der Waals surface area contributed by atoms with Crippen LogP contribution in [0, 0.1) is 5.92 Å². The highest BCUT2D eigenvalue weighted by molar-refractivity contribution is 6.34. The van der Waals surface area contributed by atoms with E-state index < -0.39 is 6.10 Å². The van der Waals surface area contributed by atoms with Crippen LogP contribution >= 0.6 is 23.2 Å². The largest absolute Gasteiger partial charge is 0.388 e. The van der Waals surface area contributed by atoms with Gasteiger partial charge in [-0.25, -0.2) is 0 Å².